The minimum absolute atomic E-state index is 0.0344. The minimum Gasteiger partial charge on any atom is -0.497 e. The van der Waals surface area contributed by atoms with Crippen LogP contribution >= 0.6 is 0 Å². The number of nitrogens with one attached hydrogen (secondary N) is 2. The van der Waals surface area contributed by atoms with Gasteiger partial charge in [-0.05, 0) is 51.3 Å². The number of rotatable bonds is 9. The molecule has 6 heteroatoms. The number of ether oxygens (including phenoxy) is 2. The Labute approximate surface area is 164 Å². The normalized spacial score (nSPS) is 16.2. The van der Waals surface area contributed by atoms with Gasteiger partial charge in [0.25, 0.3) is 0 Å². The highest BCUT2D eigenvalue weighted by molar-refractivity contribution is 5.79. The first-order valence-electron chi connectivity index (χ1n) is 10.0. The smallest absolute Gasteiger partial charge is 0.191 e. The fourth-order valence-corrected chi connectivity index (χ4v) is 3.21. The van der Waals surface area contributed by atoms with E-state index in [1.165, 1.54) is 5.56 Å². The minimum atomic E-state index is 0.0344. The van der Waals surface area contributed by atoms with Gasteiger partial charge in [0.05, 0.1) is 26.9 Å². The molecule has 0 aliphatic carbocycles. The third-order valence-electron chi connectivity index (χ3n) is 4.90. The lowest BCUT2D eigenvalue weighted by Crippen LogP contribution is -2.52. The van der Waals surface area contributed by atoms with Crippen molar-refractivity contribution in [2.24, 2.45) is 4.99 Å². The maximum Gasteiger partial charge on any atom is 0.191 e. The second-order valence-electron chi connectivity index (χ2n) is 7.49. The molecule has 1 aliphatic heterocycles. The molecule has 27 heavy (non-hydrogen) atoms. The summed E-state index contributed by atoms with van der Waals surface area (Å²) < 4.78 is 10.8. The van der Waals surface area contributed by atoms with E-state index >= 15 is 0 Å². The van der Waals surface area contributed by atoms with Crippen LogP contribution in [0.1, 0.15) is 32.8 Å². The molecule has 1 fully saturated rings. The van der Waals surface area contributed by atoms with Crippen LogP contribution in [0.5, 0.6) is 5.75 Å². The first kappa shape index (κ1) is 21.5. The fraction of sp³-hybridized carbons (Fsp3) is 0.667. The number of nitrogens with zero attached hydrogens (tertiary/aromatic N) is 2. The molecule has 2 rings (SSSR count). The third-order valence-corrected chi connectivity index (χ3v) is 4.90. The van der Waals surface area contributed by atoms with Crippen LogP contribution in [0.15, 0.2) is 29.3 Å². The van der Waals surface area contributed by atoms with Crippen LogP contribution in [0.2, 0.25) is 0 Å². The molecule has 0 saturated carbocycles. The van der Waals surface area contributed by atoms with Crippen molar-refractivity contribution in [3.63, 3.8) is 0 Å². The average molecular weight is 377 g/mol. The number of aryl methyl sites for hydroxylation is 1. The van der Waals surface area contributed by atoms with Crippen molar-refractivity contribution in [3.05, 3.63) is 29.8 Å². The Morgan fingerprint density at radius 1 is 1.26 bits per heavy atom. The molecule has 1 heterocycles. The highest BCUT2D eigenvalue weighted by Crippen LogP contribution is 2.16. The van der Waals surface area contributed by atoms with Gasteiger partial charge in [0.2, 0.25) is 0 Å². The van der Waals surface area contributed by atoms with Gasteiger partial charge in [0.1, 0.15) is 5.75 Å². The van der Waals surface area contributed by atoms with Crippen molar-refractivity contribution in [1.29, 1.82) is 0 Å². The van der Waals surface area contributed by atoms with Gasteiger partial charge in [0.15, 0.2) is 5.96 Å². The van der Waals surface area contributed by atoms with Crippen LogP contribution < -0.4 is 15.4 Å². The van der Waals surface area contributed by atoms with E-state index in [1.807, 2.05) is 12.1 Å². The summed E-state index contributed by atoms with van der Waals surface area (Å²) in [7, 11) is 1.71. The summed E-state index contributed by atoms with van der Waals surface area (Å²) in [5, 5.41) is 6.81. The first-order valence-corrected chi connectivity index (χ1v) is 10.0. The van der Waals surface area contributed by atoms with Gasteiger partial charge in [-0.1, -0.05) is 12.1 Å². The quantitative estimate of drug-likeness (QED) is 0.393. The van der Waals surface area contributed by atoms with Crippen LogP contribution in [0.4, 0.5) is 0 Å². The molecule has 2 N–H and O–H groups in total. The predicted octanol–water partition coefficient (Wildman–Crippen LogP) is 2.29. The maximum atomic E-state index is 5.47. The van der Waals surface area contributed by atoms with Crippen LogP contribution in [0.25, 0.3) is 0 Å². The molecule has 152 valence electrons. The molecular formula is C21H36N4O2. The number of morpholine rings is 1. The molecule has 0 bridgehead atoms. The average Bonchev–Trinajstić information content (AvgIpc) is 2.70. The van der Waals surface area contributed by atoms with Gasteiger partial charge in [-0.25, -0.2) is 0 Å². The van der Waals surface area contributed by atoms with Crippen LogP contribution in [0.3, 0.4) is 0 Å². The second kappa shape index (κ2) is 11.1. The number of methoxy groups -OCH3 is 1. The van der Waals surface area contributed by atoms with Gasteiger partial charge in [-0.15, -0.1) is 0 Å². The summed E-state index contributed by atoms with van der Waals surface area (Å²) in [6.07, 6.45) is 2.06. The summed E-state index contributed by atoms with van der Waals surface area (Å²) in [6.45, 7) is 12.7. The highest BCUT2D eigenvalue weighted by Gasteiger charge is 2.28. The zero-order valence-electron chi connectivity index (χ0n) is 17.4. The molecule has 1 saturated heterocycles. The van der Waals surface area contributed by atoms with E-state index < -0.39 is 0 Å². The number of hydrogen-bond acceptors (Lipinski definition) is 4. The summed E-state index contributed by atoms with van der Waals surface area (Å²) in [5.74, 6) is 1.81. The van der Waals surface area contributed by atoms with Crippen molar-refractivity contribution in [2.75, 3.05) is 53.0 Å². The molecule has 0 unspecified atom stereocenters. The maximum absolute atomic E-state index is 5.47. The Bertz CT molecular complexity index is 583. The summed E-state index contributed by atoms with van der Waals surface area (Å²) >= 11 is 0. The zero-order chi connectivity index (χ0) is 19.5. The van der Waals surface area contributed by atoms with E-state index in [0.29, 0.717) is 0 Å². The Kier molecular flexibility index (Phi) is 8.88. The molecule has 0 radical (unpaired) electrons. The summed E-state index contributed by atoms with van der Waals surface area (Å²) in [6, 6.07) is 8.27. The Hall–Kier alpha value is -1.79. The number of benzene rings is 1. The van der Waals surface area contributed by atoms with Gasteiger partial charge >= 0.3 is 0 Å². The molecule has 0 spiro atoms. The monoisotopic (exact) mass is 376 g/mol. The van der Waals surface area contributed by atoms with Gasteiger partial charge in [0, 0.05) is 31.7 Å². The molecule has 1 aromatic carbocycles. The van der Waals surface area contributed by atoms with Gasteiger partial charge in [-0.2, -0.15) is 0 Å². The molecule has 1 aliphatic rings. The van der Waals surface area contributed by atoms with Crippen molar-refractivity contribution in [2.45, 2.75) is 39.2 Å². The van der Waals surface area contributed by atoms with Gasteiger partial charge in [-0.3, -0.25) is 9.89 Å². The molecule has 0 atom stereocenters. The largest absolute Gasteiger partial charge is 0.497 e. The predicted molar refractivity (Wildman–Crippen MR) is 112 cm³/mol. The summed E-state index contributed by atoms with van der Waals surface area (Å²) in [5.41, 5.74) is 1.33. The van der Waals surface area contributed by atoms with Crippen LogP contribution in [-0.2, 0) is 11.2 Å². The van der Waals surface area contributed by atoms with E-state index in [4.69, 9.17) is 14.5 Å². The summed E-state index contributed by atoms with van der Waals surface area (Å²) in [4.78, 5) is 7.29. The van der Waals surface area contributed by atoms with Gasteiger partial charge < -0.3 is 20.1 Å². The van der Waals surface area contributed by atoms with Crippen molar-refractivity contribution in [3.8, 4) is 5.75 Å². The van der Waals surface area contributed by atoms with E-state index in [9.17, 15) is 0 Å². The van der Waals surface area contributed by atoms with Crippen molar-refractivity contribution >= 4 is 5.96 Å². The van der Waals surface area contributed by atoms with E-state index in [0.717, 1.165) is 70.5 Å². The van der Waals surface area contributed by atoms with Crippen molar-refractivity contribution < 1.29 is 9.47 Å². The lowest BCUT2D eigenvalue weighted by atomic mass is 10.0. The molecule has 1 aromatic rings. The highest BCUT2D eigenvalue weighted by atomic mass is 16.5. The molecular weight excluding hydrogens is 340 g/mol. The topological polar surface area (TPSA) is 58.1 Å². The number of aliphatic imine (C=N–C) groups is 1. The molecule has 0 amide bonds. The third kappa shape index (κ3) is 7.39. The standard InChI is InChI=1S/C21H36N4O2/c1-5-22-20(24-17-21(2,3)25-12-14-27-15-13-25)23-11-7-9-18-8-6-10-19(16-18)26-4/h6,8,10,16H,5,7,9,11-15,17H2,1-4H3,(H2,22,23,24). The SMILES string of the molecule is CCNC(=NCC(C)(C)N1CCOCC1)NCCCc1cccc(OC)c1. The Morgan fingerprint density at radius 2 is 2.04 bits per heavy atom. The van der Waals surface area contributed by atoms with E-state index in [1.54, 1.807) is 7.11 Å². The van der Waals surface area contributed by atoms with E-state index in [-0.39, 0.29) is 5.54 Å². The zero-order valence-corrected chi connectivity index (χ0v) is 17.4. The second-order valence-corrected chi connectivity index (χ2v) is 7.49. The lowest BCUT2D eigenvalue weighted by Gasteiger charge is -2.39. The number of guanidine groups is 1. The fourth-order valence-electron chi connectivity index (χ4n) is 3.21. The van der Waals surface area contributed by atoms with Crippen molar-refractivity contribution in [1.82, 2.24) is 15.5 Å². The number of hydrogen-bond donors (Lipinski definition) is 2. The van der Waals surface area contributed by atoms with E-state index in [2.05, 4.69) is 48.4 Å². The lowest BCUT2D eigenvalue weighted by molar-refractivity contribution is -0.00683. The molecule has 0 aromatic heterocycles. The van der Waals surface area contributed by atoms with Crippen LogP contribution in [0, 0.1) is 0 Å². The molecule has 6 nitrogen and oxygen atoms in total. The Balaban J connectivity index is 1.80. The van der Waals surface area contributed by atoms with Crippen LogP contribution in [-0.4, -0.2) is 69.4 Å². The Morgan fingerprint density at radius 3 is 2.74 bits per heavy atom. The first-order chi connectivity index (χ1) is 13.0.